The molecule has 0 fully saturated rings. The zero-order chi connectivity index (χ0) is 11.3. The number of aliphatic hydroxyl groups excluding tert-OH is 1. The van der Waals surface area contributed by atoms with Crippen LogP contribution < -0.4 is 5.32 Å². The fourth-order valence-corrected chi connectivity index (χ4v) is 1.82. The molecule has 2 heteroatoms. The monoisotopic (exact) mass is 207 g/mol. The van der Waals surface area contributed by atoms with Crippen molar-refractivity contribution in [1.29, 1.82) is 0 Å². The van der Waals surface area contributed by atoms with Crippen LogP contribution in [-0.4, -0.2) is 18.3 Å². The maximum atomic E-state index is 8.70. The van der Waals surface area contributed by atoms with Crippen molar-refractivity contribution in [3.63, 3.8) is 0 Å². The van der Waals surface area contributed by atoms with Gasteiger partial charge in [0.15, 0.2) is 0 Å². The Labute approximate surface area is 92.3 Å². The first kappa shape index (κ1) is 12.2. The van der Waals surface area contributed by atoms with Gasteiger partial charge in [0.05, 0.1) is 0 Å². The molecule has 0 aliphatic carbocycles. The highest BCUT2D eigenvalue weighted by Crippen LogP contribution is 2.18. The van der Waals surface area contributed by atoms with Crippen molar-refractivity contribution < 1.29 is 5.11 Å². The highest BCUT2D eigenvalue weighted by atomic mass is 16.3. The predicted octanol–water partition coefficient (Wildman–Crippen LogP) is 2.34. The molecule has 0 aliphatic rings. The number of rotatable bonds is 5. The molecule has 1 aromatic carbocycles. The molecule has 0 bridgehead atoms. The number of nitrogens with one attached hydrogen (secondary N) is 1. The molecule has 0 aliphatic heterocycles. The van der Waals surface area contributed by atoms with E-state index in [-0.39, 0.29) is 6.61 Å². The third-order valence-corrected chi connectivity index (χ3v) is 2.68. The van der Waals surface area contributed by atoms with Crippen molar-refractivity contribution in [2.75, 3.05) is 13.2 Å². The van der Waals surface area contributed by atoms with E-state index in [1.807, 2.05) is 0 Å². The number of benzene rings is 1. The second-order valence-corrected chi connectivity index (χ2v) is 4.11. The third-order valence-electron chi connectivity index (χ3n) is 2.68. The van der Waals surface area contributed by atoms with Gasteiger partial charge in [0.25, 0.3) is 0 Å². The highest BCUT2D eigenvalue weighted by Gasteiger charge is 2.06. The van der Waals surface area contributed by atoms with Crippen molar-refractivity contribution in [3.8, 4) is 0 Å². The maximum absolute atomic E-state index is 8.70. The van der Waals surface area contributed by atoms with Crippen LogP contribution >= 0.6 is 0 Å². The van der Waals surface area contributed by atoms with Gasteiger partial charge in [-0.1, -0.05) is 23.8 Å². The molecule has 0 radical (unpaired) electrons. The molecule has 0 amide bonds. The Morgan fingerprint density at radius 1 is 1.33 bits per heavy atom. The number of hydrogen-bond acceptors (Lipinski definition) is 2. The highest BCUT2D eigenvalue weighted by molar-refractivity contribution is 5.32. The summed E-state index contributed by atoms with van der Waals surface area (Å²) in [5, 5.41) is 12.1. The Morgan fingerprint density at radius 2 is 2.07 bits per heavy atom. The Bertz CT molecular complexity index is 309. The minimum Gasteiger partial charge on any atom is -0.396 e. The Morgan fingerprint density at radius 3 is 2.67 bits per heavy atom. The summed E-state index contributed by atoms with van der Waals surface area (Å²) in [5.41, 5.74) is 3.98. The van der Waals surface area contributed by atoms with Gasteiger partial charge in [-0.2, -0.15) is 0 Å². The molecule has 0 saturated heterocycles. The topological polar surface area (TPSA) is 32.3 Å². The maximum Gasteiger partial charge on any atom is 0.0443 e. The minimum absolute atomic E-state index is 0.257. The van der Waals surface area contributed by atoms with E-state index in [1.165, 1.54) is 16.7 Å². The van der Waals surface area contributed by atoms with Crippen LogP contribution in [0, 0.1) is 13.8 Å². The zero-order valence-electron chi connectivity index (χ0n) is 9.88. The molecule has 2 N–H and O–H groups in total. The van der Waals surface area contributed by atoms with Crippen LogP contribution in [0.1, 0.15) is 36.1 Å². The van der Waals surface area contributed by atoms with Gasteiger partial charge in [-0.05, 0) is 44.9 Å². The second-order valence-electron chi connectivity index (χ2n) is 4.11. The zero-order valence-corrected chi connectivity index (χ0v) is 9.88. The van der Waals surface area contributed by atoms with Crippen molar-refractivity contribution in [2.45, 2.75) is 33.2 Å². The normalized spacial score (nSPS) is 12.8. The van der Waals surface area contributed by atoms with E-state index in [4.69, 9.17) is 5.11 Å². The fraction of sp³-hybridized carbons (Fsp3) is 0.538. The van der Waals surface area contributed by atoms with Gasteiger partial charge >= 0.3 is 0 Å². The molecule has 15 heavy (non-hydrogen) atoms. The summed E-state index contributed by atoms with van der Waals surface area (Å²) in [7, 11) is 0. The molecular formula is C13H21NO. The van der Waals surface area contributed by atoms with Gasteiger partial charge in [-0.25, -0.2) is 0 Å². The molecule has 84 valence electrons. The molecule has 1 rings (SSSR count). The van der Waals surface area contributed by atoms with Gasteiger partial charge in [0.2, 0.25) is 0 Å². The summed E-state index contributed by atoms with van der Waals surface area (Å²) >= 11 is 0. The van der Waals surface area contributed by atoms with Crippen molar-refractivity contribution in [3.05, 3.63) is 34.9 Å². The summed E-state index contributed by atoms with van der Waals surface area (Å²) in [6.45, 7) is 7.54. The van der Waals surface area contributed by atoms with E-state index in [1.54, 1.807) is 0 Å². The average molecular weight is 207 g/mol. The van der Waals surface area contributed by atoms with E-state index >= 15 is 0 Å². The summed E-state index contributed by atoms with van der Waals surface area (Å²) in [6, 6.07) is 6.89. The number of aliphatic hydroxyl groups is 1. The van der Waals surface area contributed by atoms with Gasteiger partial charge in [0.1, 0.15) is 0 Å². The molecule has 0 spiro atoms. The van der Waals surface area contributed by atoms with Crippen LogP contribution in [0.2, 0.25) is 0 Å². The lowest BCUT2D eigenvalue weighted by Crippen LogP contribution is -2.21. The lowest BCUT2D eigenvalue weighted by Gasteiger charge is -2.16. The summed E-state index contributed by atoms with van der Waals surface area (Å²) < 4.78 is 0. The third kappa shape index (κ3) is 3.65. The van der Waals surface area contributed by atoms with E-state index in [9.17, 15) is 0 Å². The predicted molar refractivity (Wildman–Crippen MR) is 64.0 cm³/mol. The van der Waals surface area contributed by atoms with E-state index in [0.717, 1.165) is 13.0 Å². The first-order valence-electron chi connectivity index (χ1n) is 5.56. The van der Waals surface area contributed by atoms with Crippen LogP contribution in [0.15, 0.2) is 18.2 Å². The standard InChI is InChI=1S/C13H21NO/c1-10-5-6-13(11(2)9-10)12(3)14-7-4-8-15/h5-6,9,12,14-15H,4,7-8H2,1-3H3/t12-/m0/s1. The van der Waals surface area contributed by atoms with Gasteiger partial charge in [-0.15, -0.1) is 0 Å². The summed E-state index contributed by atoms with van der Waals surface area (Å²) in [6.07, 6.45) is 0.815. The average Bonchev–Trinajstić information content (AvgIpc) is 2.17. The SMILES string of the molecule is Cc1ccc([C@H](C)NCCCO)c(C)c1. The lowest BCUT2D eigenvalue weighted by atomic mass is 10.0. The fourth-order valence-electron chi connectivity index (χ4n) is 1.82. The molecular weight excluding hydrogens is 186 g/mol. The Hall–Kier alpha value is -0.860. The lowest BCUT2D eigenvalue weighted by molar-refractivity contribution is 0.284. The number of aryl methyl sites for hydroxylation is 2. The second kappa shape index (κ2) is 5.89. The summed E-state index contributed by atoms with van der Waals surface area (Å²) in [4.78, 5) is 0. The van der Waals surface area contributed by atoms with Crippen LogP contribution in [0.3, 0.4) is 0 Å². The molecule has 1 aromatic rings. The number of hydrogen-bond donors (Lipinski definition) is 2. The molecule has 1 atom stereocenters. The van der Waals surface area contributed by atoms with Crippen molar-refractivity contribution in [2.24, 2.45) is 0 Å². The van der Waals surface area contributed by atoms with E-state index < -0.39 is 0 Å². The van der Waals surface area contributed by atoms with Gasteiger partial charge in [-0.3, -0.25) is 0 Å². The Balaban J connectivity index is 2.61. The van der Waals surface area contributed by atoms with Crippen molar-refractivity contribution >= 4 is 0 Å². The molecule has 0 aromatic heterocycles. The first-order valence-corrected chi connectivity index (χ1v) is 5.56. The van der Waals surface area contributed by atoms with Gasteiger partial charge in [0, 0.05) is 12.6 Å². The van der Waals surface area contributed by atoms with Crippen LogP contribution in [-0.2, 0) is 0 Å². The van der Waals surface area contributed by atoms with E-state index in [0.29, 0.717) is 6.04 Å². The molecule has 0 unspecified atom stereocenters. The Kier molecular flexibility index (Phi) is 4.79. The van der Waals surface area contributed by atoms with Crippen LogP contribution in [0.4, 0.5) is 0 Å². The molecule has 0 saturated carbocycles. The first-order chi connectivity index (χ1) is 7.15. The van der Waals surface area contributed by atoms with Crippen LogP contribution in [0.25, 0.3) is 0 Å². The molecule has 0 heterocycles. The quantitative estimate of drug-likeness (QED) is 0.726. The van der Waals surface area contributed by atoms with Crippen molar-refractivity contribution in [1.82, 2.24) is 5.32 Å². The summed E-state index contributed by atoms with van der Waals surface area (Å²) in [5.74, 6) is 0. The van der Waals surface area contributed by atoms with Crippen LogP contribution in [0.5, 0.6) is 0 Å². The minimum atomic E-state index is 0.257. The molecule has 2 nitrogen and oxygen atoms in total. The van der Waals surface area contributed by atoms with E-state index in [2.05, 4.69) is 44.3 Å². The van der Waals surface area contributed by atoms with Gasteiger partial charge < -0.3 is 10.4 Å². The largest absolute Gasteiger partial charge is 0.396 e. The smallest absolute Gasteiger partial charge is 0.0443 e.